The highest BCUT2D eigenvalue weighted by atomic mass is 16.5. The van der Waals surface area contributed by atoms with Crippen LogP contribution in [0.3, 0.4) is 0 Å². The van der Waals surface area contributed by atoms with Crippen LogP contribution in [0, 0.1) is 0 Å². The Labute approximate surface area is 81.2 Å². The van der Waals surface area contributed by atoms with E-state index in [0.29, 0.717) is 0 Å². The molecule has 2 N–H and O–H groups in total. The lowest BCUT2D eigenvalue weighted by Gasteiger charge is -2.39. The van der Waals surface area contributed by atoms with Gasteiger partial charge in [0.25, 0.3) is 0 Å². The molecular formula is C10H22N2O. The van der Waals surface area contributed by atoms with E-state index >= 15 is 0 Å². The van der Waals surface area contributed by atoms with Gasteiger partial charge in [-0.1, -0.05) is 6.92 Å². The Morgan fingerprint density at radius 2 is 2.15 bits per heavy atom. The fraction of sp³-hybridized carbons (Fsp3) is 1.00. The quantitative estimate of drug-likeness (QED) is 0.709. The molecule has 1 rings (SSSR count). The molecule has 13 heavy (non-hydrogen) atoms. The molecule has 1 saturated heterocycles. The minimum absolute atomic E-state index is 0.200. The van der Waals surface area contributed by atoms with Gasteiger partial charge in [-0.15, -0.1) is 0 Å². The van der Waals surface area contributed by atoms with E-state index in [1.165, 1.54) is 6.42 Å². The monoisotopic (exact) mass is 186 g/mol. The van der Waals surface area contributed by atoms with E-state index in [1.54, 1.807) is 0 Å². The average Bonchev–Trinajstić information content (AvgIpc) is 2.42. The Kier molecular flexibility index (Phi) is 4.16. The van der Waals surface area contributed by atoms with Crippen LogP contribution < -0.4 is 5.73 Å². The Morgan fingerprint density at radius 3 is 2.77 bits per heavy atom. The number of likely N-dealkylation sites (N-methyl/N-ethyl adjacent to an activating group) is 1. The van der Waals surface area contributed by atoms with Gasteiger partial charge in [0, 0.05) is 25.3 Å². The zero-order chi connectivity index (χ0) is 9.73. The van der Waals surface area contributed by atoms with Crippen LogP contribution in [0.2, 0.25) is 0 Å². The van der Waals surface area contributed by atoms with Crippen LogP contribution >= 0.6 is 0 Å². The Morgan fingerprint density at radius 1 is 1.38 bits per heavy atom. The molecule has 0 spiro atoms. The van der Waals surface area contributed by atoms with Gasteiger partial charge < -0.3 is 10.5 Å². The number of nitrogens with two attached hydrogens (primary N) is 1. The summed E-state index contributed by atoms with van der Waals surface area (Å²) in [6.45, 7) is 5.77. The van der Waals surface area contributed by atoms with Gasteiger partial charge in [-0.3, -0.25) is 4.90 Å². The molecule has 0 bridgehead atoms. The van der Waals surface area contributed by atoms with Crippen LogP contribution in [0.1, 0.15) is 26.2 Å². The maximum Gasteiger partial charge on any atom is 0.0484 e. The minimum atomic E-state index is 0.200. The van der Waals surface area contributed by atoms with Gasteiger partial charge >= 0.3 is 0 Å². The number of hydrogen-bond donors (Lipinski definition) is 1. The van der Waals surface area contributed by atoms with Crippen LogP contribution in [0.4, 0.5) is 0 Å². The molecule has 0 aliphatic carbocycles. The van der Waals surface area contributed by atoms with Crippen molar-refractivity contribution in [2.24, 2.45) is 5.73 Å². The molecule has 3 nitrogen and oxygen atoms in total. The summed E-state index contributed by atoms with van der Waals surface area (Å²) in [5, 5.41) is 0. The Bertz CT molecular complexity index is 142. The van der Waals surface area contributed by atoms with Crippen molar-refractivity contribution in [2.75, 3.05) is 33.4 Å². The summed E-state index contributed by atoms with van der Waals surface area (Å²) < 4.78 is 5.46. The molecule has 0 saturated carbocycles. The smallest absolute Gasteiger partial charge is 0.0484 e. The highest BCUT2D eigenvalue weighted by Gasteiger charge is 2.32. The lowest BCUT2D eigenvalue weighted by atomic mass is 9.89. The van der Waals surface area contributed by atoms with Crippen LogP contribution in [-0.2, 0) is 4.74 Å². The summed E-state index contributed by atoms with van der Waals surface area (Å²) >= 11 is 0. The SMILES string of the molecule is CCN(C)C1(CN)CCCOCC1. The fourth-order valence-corrected chi connectivity index (χ4v) is 2.07. The van der Waals surface area contributed by atoms with E-state index in [-0.39, 0.29) is 5.54 Å². The first-order valence-corrected chi connectivity index (χ1v) is 5.24. The lowest BCUT2D eigenvalue weighted by Crippen LogP contribution is -2.52. The number of ether oxygens (including phenoxy) is 1. The van der Waals surface area contributed by atoms with Crippen molar-refractivity contribution in [3.63, 3.8) is 0 Å². The Balaban J connectivity index is 2.64. The predicted molar refractivity (Wildman–Crippen MR) is 54.8 cm³/mol. The van der Waals surface area contributed by atoms with Gasteiger partial charge in [-0.2, -0.15) is 0 Å². The first kappa shape index (κ1) is 11.0. The third-order valence-corrected chi connectivity index (χ3v) is 3.31. The highest BCUT2D eigenvalue weighted by molar-refractivity contribution is 4.90. The van der Waals surface area contributed by atoms with Crippen molar-refractivity contribution in [3.8, 4) is 0 Å². The largest absolute Gasteiger partial charge is 0.381 e. The van der Waals surface area contributed by atoms with Crippen molar-refractivity contribution < 1.29 is 4.74 Å². The van der Waals surface area contributed by atoms with Gasteiger partial charge in [0.2, 0.25) is 0 Å². The minimum Gasteiger partial charge on any atom is -0.381 e. The van der Waals surface area contributed by atoms with Gasteiger partial charge in [0.15, 0.2) is 0 Å². The lowest BCUT2D eigenvalue weighted by molar-refractivity contribution is 0.0932. The van der Waals surface area contributed by atoms with Gasteiger partial charge in [0.05, 0.1) is 0 Å². The summed E-state index contributed by atoms with van der Waals surface area (Å²) in [4.78, 5) is 2.38. The molecule has 0 radical (unpaired) electrons. The molecule has 1 unspecified atom stereocenters. The molecular weight excluding hydrogens is 164 g/mol. The average molecular weight is 186 g/mol. The molecule has 3 heteroatoms. The maximum absolute atomic E-state index is 5.89. The third kappa shape index (κ3) is 2.42. The molecule has 0 aromatic rings. The molecule has 78 valence electrons. The van der Waals surface area contributed by atoms with Crippen LogP contribution in [0.5, 0.6) is 0 Å². The van der Waals surface area contributed by atoms with E-state index in [9.17, 15) is 0 Å². The summed E-state index contributed by atoms with van der Waals surface area (Å²) in [5.74, 6) is 0. The molecule has 1 aliphatic rings. The summed E-state index contributed by atoms with van der Waals surface area (Å²) in [6, 6.07) is 0. The molecule has 0 amide bonds. The molecule has 0 aromatic carbocycles. The second kappa shape index (κ2) is 4.94. The second-order valence-electron chi connectivity index (χ2n) is 3.91. The topological polar surface area (TPSA) is 38.5 Å². The van der Waals surface area contributed by atoms with E-state index < -0.39 is 0 Å². The Hall–Kier alpha value is -0.120. The molecule has 1 aliphatic heterocycles. The molecule has 1 fully saturated rings. The fourth-order valence-electron chi connectivity index (χ4n) is 2.07. The van der Waals surface area contributed by atoms with Crippen LogP contribution in [0.25, 0.3) is 0 Å². The van der Waals surface area contributed by atoms with E-state index in [1.807, 2.05) is 0 Å². The van der Waals surface area contributed by atoms with Crippen LogP contribution in [0.15, 0.2) is 0 Å². The number of rotatable bonds is 3. The van der Waals surface area contributed by atoms with Gasteiger partial charge in [-0.05, 0) is 32.9 Å². The number of hydrogen-bond acceptors (Lipinski definition) is 3. The maximum atomic E-state index is 5.89. The van der Waals surface area contributed by atoms with E-state index in [0.717, 1.165) is 39.1 Å². The zero-order valence-electron chi connectivity index (χ0n) is 8.88. The van der Waals surface area contributed by atoms with Crippen molar-refractivity contribution in [1.29, 1.82) is 0 Å². The summed E-state index contributed by atoms with van der Waals surface area (Å²) in [6.07, 6.45) is 3.39. The molecule has 1 heterocycles. The van der Waals surface area contributed by atoms with Gasteiger partial charge in [0.1, 0.15) is 0 Å². The highest BCUT2D eigenvalue weighted by Crippen LogP contribution is 2.25. The van der Waals surface area contributed by atoms with Gasteiger partial charge in [-0.25, -0.2) is 0 Å². The third-order valence-electron chi connectivity index (χ3n) is 3.31. The normalized spacial score (nSPS) is 30.5. The first-order chi connectivity index (χ1) is 6.25. The van der Waals surface area contributed by atoms with Crippen molar-refractivity contribution in [2.45, 2.75) is 31.7 Å². The van der Waals surface area contributed by atoms with Crippen molar-refractivity contribution in [1.82, 2.24) is 4.90 Å². The van der Waals surface area contributed by atoms with E-state index in [4.69, 9.17) is 10.5 Å². The summed E-state index contributed by atoms with van der Waals surface area (Å²) in [7, 11) is 2.16. The molecule has 1 atom stereocenters. The number of nitrogens with zero attached hydrogens (tertiary/aromatic N) is 1. The zero-order valence-corrected chi connectivity index (χ0v) is 8.88. The second-order valence-corrected chi connectivity index (χ2v) is 3.91. The van der Waals surface area contributed by atoms with Crippen molar-refractivity contribution >= 4 is 0 Å². The molecule has 0 aromatic heterocycles. The van der Waals surface area contributed by atoms with Crippen molar-refractivity contribution in [3.05, 3.63) is 0 Å². The van der Waals surface area contributed by atoms with E-state index in [2.05, 4.69) is 18.9 Å². The summed E-state index contributed by atoms with van der Waals surface area (Å²) in [5.41, 5.74) is 6.09. The van der Waals surface area contributed by atoms with Crippen LogP contribution in [-0.4, -0.2) is 43.8 Å². The standard InChI is InChI=1S/C10H22N2O/c1-3-12(2)10(9-11)5-4-7-13-8-6-10/h3-9,11H2,1-2H3. The first-order valence-electron chi connectivity index (χ1n) is 5.24. The predicted octanol–water partition coefficient (Wildman–Crippen LogP) is 0.836.